The van der Waals surface area contributed by atoms with Crippen LogP contribution >= 0.6 is 15.9 Å². The van der Waals surface area contributed by atoms with E-state index in [1.165, 1.54) is 16.8 Å². The highest BCUT2D eigenvalue weighted by molar-refractivity contribution is 9.10. The van der Waals surface area contributed by atoms with Gasteiger partial charge in [-0.2, -0.15) is 5.10 Å². The van der Waals surface area contributed by atoms with Gasteiger partial charge in [0.1, 0.15) is 5.69 Å². The van der Waals surface area contributed by atoms with Crippen molar-refractivity contribution in [2.24, 2.45) is 0 Å². The number of H-pyrrole nitrogens is 1. The lowest BCUT2D eigenvalue weighted by Crippen LogP contribution is -2.49. The second-order valence-electron chi connectivity index (χ2n) is 7.24. The number of hydrogen-bond donors (Lipinski definition) is 1. The molecule has 0 unspecified atom stereocenters. The van der Waals surface area contributed by atoms with E-state index < -0.39 is 0 Å². The van der Waals surface area contributed by atoms with Crippen LogP contribution in [-0.4, -0.2) is 47.2 Å². The van der Waals surface area contributed by atoms with Gasteiger partial charge < -0.3 is 9.80 Å². The molecule has 3 aromatic rings. The minimum absolute atomic E-state index is 0.0106. The fourth-order valence-corrected chi connectivity index (χ4v) is 3.85. The number of carbonyl (C=O) groups is 1. The number of anilines is 1. The van der Waals surface area contributed by atoms with E-state index in [0.717, 1.165) is 28.8 Å². The highest BCUT2D eigenvalue weighted by Gasteiger charge is 2.24. The van der Waals surface area contributed by atoms with E-state index in [4.69, 9.17) is 0 Å². The summed E-state index contributed by atoms with van der Waals surface area (Å²) < 4.78 is 1.02. The van der Waals surface area contributed by atoms with Crippen LogP contribution < -0.4 is 4.90 Å². The molecule has 0 atom stereocenters. The highest BCUT2D eigenvalue weighted by atomic mass is 79.9. The van der Waals surface area contributed by atoms with Gasteiger partial charge in [-0.3, -0.25) is 9.89 Å². The third-order valence-corrected chi connectivity index (χ3v) is 5.75. The summed E-state index contributed by atoms with van der Waals surface area (Å²) in [6.45, 7) is 7.34. The van der Waals surface area contributed by atoms with Crippen molar-refractivity contribution in [2.45, 2.75) is 13.8 Å². The zero-order valence-electron chi connectivity index (χ0n) is 16.1. The Bertz CT molecular complexity index is 988. The summed E-state index contributed by atoms with van der Waals surface area (Å²) in [5.74, 6) is 0.0106. The zero-order valence-corrected chi connectivity index (χ0v) is 17.7. The first kappa shape index (κ1) is 18.7. The summed E-state index contributed by atoms with van der Waals surface area (Å²) >= 11 is 3.44. The van der Waals surface area contributed by atoms with Crippen LogP contribution in [0.15, 0.2) is 53.0 Å². The van der Waals surface area contributed by atoms with Crippen molar-refractivity contribution in [3.8, 4) is 11.3 Å². The Kier molecular flexibility index (Phi) is 5.22. The van der Waals surface area contributed by atoms with Gasteiger partial charge in [-0.15, -0.1) is 0 Å². The first-order valence-electron chi connectivity index (χ1n) is 9.44. The Hall–Kier alpha value is -2.60. The van der Waals surface area contributed by atoms with Crippen molar-refractivity contribution >= 4 is 27.5 Å². The van der Waals surface area contributed by atoms with Crippen molar-refractivity contribution < 1.29 is 4.79 Å². The summed E-state index contributed by atoms with van der Waals surface area (Å²) in [5, 5.41) is 7.23. The number of halogens is 1. The molecule has 1 N–H and O–H groups in total. The first-order chi connectivity index (χ1) is 13.5. The molecule has 5 nitrogen and oxygen atoms in total. The van der Waals surface area contributed by atoms with Crippen LogP contribution in [0.25, 0.3) is 11.3 Å². The molecule has 2 aromatic carbocycles. The Morgan fingerprint density at radius 2 is 1.71 bits per heavy atom. The predicted molar refractivity (Wildman–Crippen MR) is 116 cm³/mol. The average Bonchev–Trinajstić information content (AvgIpc) is 3.20. The van der Waals surface area contributed by atoms with Crippen LogP contribution in [0.3, 0.4) is 0 Å². The molecule has 4 rings (SSSR count). The maximum atomic E-state index is 12.9. The molecule has 0 bridgehead atoms. The van der Waals surface area contributed by atoms with Crippen LogP contribution in [0.4, 0.5) is 5.69 Å². The second-order valence-corrected chi connectivity index (χ2v) is 8.16. The molecule has 1 fully saturated rings. The summed E-state index contributed by atoms with van der Waals surface area (Å²) in [7, 11) is 0. The van der Waals surface area contributed by atoms with Crippen molar-refractivity contribution in [3.05, 3.63) is 69.8 Å². The standard InChI is InChI=1S/C22H23BrN4O/c1-15-3-4-16(2)21(13-15)26-9-11-27(12-10-26)22(28)20-14-19(24-25-20)17-5-7-18(23)8-6-17/h3-8,13-14H,9-12H2,1-2H3,(H,24,25). The molecule has 0 spiro atoms. The minimum atomic E-state index is 0.0106. The molecule has 1 saturated heterocycles. The number of amides is 1. The summed E-state index contributed by atoms with van der Waals surface area (Å²) in [6.07, 6.45) is 0. The van der Waals surface area contributed by atoms with Gasteiger partial charge in [0.25, 0.3) is 5.91 Å². The number of benzene rings is 2. The van der Waals surface area contributed by atoms with E-state index >= 15 is 0 Å². The lowest BCUT2D eigenvalue weighted by atomic mass is 10.1. The van der Waals surface area contributed by atoms with Crippen LogP contribution in [0.2, 0.25) is 0 Å². The number of aryl methyl sites for hydroxylation is 2. The largest absolute Gasteiger partial charge is 0.368 e. The molecule has 6 heteroatoms. The molecule has 0 aliphatic carbocycles. The van der Waals surface area contributed by atoms with E-state index in [0.29, 0.717) is 18.8 Å². The number of hydrogen-bond acceptors (Lipinski definition) is 3. The Labute approximate surface area is 173 Å². The zero-order chi connectivity index (χ0) is 19.7. The molecule has 1 aliphatic heterocycles. The third kappa shape index (κ3) is 3.83. The lowest BCUT2D eigenvalue weighted by molar-refractivity contribution is 0.0741. The number of carbonyl (C=O) groups excluding carboxylic acids is 1. The van der Waals surface area contributed by atoms with Crippen LogP contribution in [0, 0.1) is 13.8 Å². The number of aromatic nitrogens is 2. The van der Waals surface area contributed by atoms with Gasteiger partial charge in [-0.05, 0) is 49.2 Å². The molecule has 1 aromatic heterocycles. The van der Waals surface area contributed by atoms with E-state index in [1.807, 2.05) is 35.2 Å². The van der Waals surface area contributed by atoms with Gasteiger partial charge in [0, 0.05) is 41.9 Å². The molecule has 28 heavy (non-hydrogen) atoms. The highest BCUT2D eigenvalue weighted by Crippen LogP contribution is 2.24. The van der Waals surface area contributed by atoms with Gasteiger partial charge in [0.05, 0.1) is 5.69 Å². The number of aromatic amines is 1. The Morgan fingerprint density at radius 3 is 2.43 bits per heavy atom. The summed E-state index contributed by atoms with van der Waals surface area (Å²) in [6, 6.07) is 16.3. The van der Waals surface area contributed by atoms with Gasteiger partial charge in [-0.1, -0.05) is 40.2 Å². The van der Waals surface area contributed by atoms with E-state index in [9.17, 15) is 4.79 Å². The SMILES string of the molecule is Cc1ccc(C)c(N2CCN(C(=O)c3cc(-c4ccc(Br)cc4)n[nH]3)CC2)c1. The molecule has 0 radical (unpaired) electrons. The fourth-order valence-electron chi connectivity index (χ4n) is 3.58. The molecule has 0 saturated carbocycles. The number of piperazine rings is 1. The average molecular weight is 439 g/mol. The van der Waals surface area contributed by atoms with E-state index in [1.54, 1.807) is 0 Å². The molecule has 1 aliphatic rings. The van der Waals surface area contributed by atoms with Crippen LogP contribution in [-0.2, 0) is 0 Å². The molecule has 1 amide bonds. The van der Waals surface area contributed by atoms with E-state index in [-0.39, 0.29) is 5.91 Å². The molecule has 2 heterocycles. The molecular formula is C22H23BrN4O. The van der Waals surface area contributed by atoms with Crippen LogP contribution in [0.5, 0.6) is 0 Å². The smallest absolute Gasteiger partial charge is 0.272 e. The quantitative estimate of drug-likeness (QED) is 0.658. The second kappa shape index (κ2) is 7.80. The van der Waals surface area contributed by atoms with Crippen molar-refractivity contribution in [3.63, 3.8) is 0 Å². The maximum absolute atomic E-state index is 12.9. The third-order valence-electron chi connectivity index (χ3n) is 5.22. The van der Waals surface area contributed by atoms with E-state index in [2.05, 4.69) is 63.1 Å². The topological polar surface area (TPSA) is 52.2 Å². The Balaban J connectivity index is 1.43. The van der Waals surface area contributed by atoms with Crippen molar-refractivity contribution in [1.29, 1.82) is 0 Å². The predicted octanol–water partition coefficient (Wildman–Crippen LogP) is 4.42. The summed E-state index contributed by atoms with van der Waals surface area (Å²) in [4.78, 5) is 17.2. The normalized spacial score (nSPS) is 14.4. The Morgan fingerprint density at radius 1 is 1.00 bits per heavy atom. The monoisotopic (exact) mass is 438 g/mol. The lowest BCUT2D eigenvalue weighted by Gasteiger charge is -2.36. The van der Waals surface area contributed by atoms with Gasteiger partial charge in [-0.25, -0.2) is 0 Å². The summed E-state index contributed by atoms with van der Waals surface area (Å²) in [5.41, 5.74) is 6.11. The number of rotatable bonds is 3. The minimum Gasteiger partial charge on any atom is -0.368 e. The maximum Gasteiger partial charge on any atom is 0.272 e. The van der Waals surface area contributed by atoms with Crippen LogP contribution in [0.1, 0.15) is 21.6 Å². The van der Waals surface area contributed by atoms with Crippen molar-refractivity contribution in [1.82, 2.24) is 15.1 Å². The van der Waals surface area contributed by atoms with Gasteiger partial charge >= 0.3 is 0 Å². The molecular weight excluding hydrogens is 416 g/mol. The molecule has 144 valence electrons. The number of nitrogens with one attached hydrogen (secondary N) is 1. The first-order valence-corrected chi connectivity index (χ1v) is 10.2. The van der Waals surface area contributed by atoms with Gasteiger partial charge in [0.2, 0.25) is 0 Å². The van der Waals surface area contributed by atoms with Crippen molar-refractivity contribution in [2.75, 3.05) is 31.1 Å². The van der Waals surface area contributed by atoms with Gasteiger partial charge in [0.15, 0.2) is 0 Å². The number of nitrogens with zero attached hydrogens (tertiary/aromatic N) is 3. The fraction of sp³-hybridized carbons (Fsp3) is 0.273.